The zero-order chi connectivity index (χ0) is 19.5. The van der Waals surface area contributed by atoms with Crippen LogP contribution in [0.25, 0.3) is 0 Å². The van der Waals surface area contributed by atoms with Gasteiger partial charge in [0.25, 0.3) is 0 Å². The lowest BCUT2D eigenvalue weighted by Crippen LogP contribution is -2.13. The van der Waals surface area contributed by atoms with Gasteiger partial charge in [-0.1, -0.05) is 115 Å². The highest BCUT2D eigenvalue weighted by molar-refractivity contribution is 9.26. The largest absolute Gasteiger partial charge is 0.377 e. The van der Waals surface area contributed by atoms with Gasteiger partial charge < -0.3 is 4.74 Å². The minimum atomic E-state index is -0.968. The van der Waals surface area contributed by atoms with Crippen molar-refractivity contribution in [3.8, 4) is 0 Å². The maximum atomic E-state index is 5.53. The first-order valence-corrected chi connectivity index (χ1v) is 16.8. The molecule has 0 aromatic rings. The topological polar surface area (TPSA) is 9.23 Å². The normalized spacial score (nSPS) is 11.8. The van der Waals surface area contributed by atoms with Gasteiger partial charge in [0.05, 0.1) is 6.61 Å². The van der Waals surface area contributed by atoms with E-state index in [1.165, 1.54) is 102 Å². The van der Waals surface area contributed by atoms with E-state index < -0.39 is 6.69 Å². The molecule has 0 aromatic carbocycles. The van der Waals surface area contributed by atoms with E-state index in [1.54, 1.807) is 0 Å². The molecule has 3 heteroatoms. The average molecular weight is 448 g/mol. The molecular weight excluding hydrogens is 400 g/mol. The van der Waals surface area contributed by atoms with Crippen molar-refractivity contribution in [1.29, 1.82) is 0 Å². The number of hydrogen-bond acceptors (Lipinski definition) is 1. The molecule has 0 bridgehead atoms. The first kappa shape index (κ1) is 26.4. The zero-order valence-electron chi connectivity index (χ0n) is 18.2. The van der Waals surface area contributed by atoms with Crippen LogP contribution in [0.15, 0.2) is 12.2 Å². The van der Waals surface area contributed by atoms with Crippen LogP contribution in [0.1, 0.15) is 103 Å². The van der Waals surface area contributed by atoms with Crippen molar-refractivity contribution < 1.29 is 4.74 Å². The lowest BCUT2D eigenvalue weighted by atomic mass is 10.0. The summed E-state index contributed by atoms with van der Waals surface area (Å²) in [6.07, 6.45) is 21.3. The van der Waals surface area contributed by atoms with E-state index in [0.717, 1.165) is 18.8 Å². The minimum absolute atomic E-state index is 0.733. The second-order valence-electron chi connectivity index (χ2n) is 8.78. The third-order valence-electron chi connectivity index (χ3n) is 4.91. The van der Waals surface area contributed by atoms with Crippen LogP contribution in [0, 0.1) is 0 Å². The molecule has 0 aliphatic heterocycles. The van der Waals surface area contributed by atoms with Crippen molar-refractivity contribution in [2.75, 3.05) is 13.2 Å². The maximum absolute atomic E-state index is 5.53. The van der Waals surface area contributed by atoms with Crippen LogP contribution in [-0.2, 0) is 4.74 Å². The fourth-order valence-corrected chi connectivity index (χ4v) is 5.23. The summed E-state index contributed by atoms with van der Waals surface area (Å²) < 4.78 is 5.53. The Morgan fingerprint density at radius 2 is 1.04 bits per heavy atom. The summed E-state index contributed by atoms with van der Waals surface area (Å²) in [6, 6.07) is 1.44. The van der Waals surface area contributed by atoms with Gasteiger partial charge in [0.15, 0.2) is 0 Å². The van der Waals surface area contributed by atoms with Crippen LogP contribution in [0.5, 0.6) is 0 Å². The molecule has 0 saturated heterocycles. The highest BCUT2D eigenvalue weighted by Gasteiger charge is 2.14. The molecule has 0 aliphatic carbocycles. The molecule has 0 spiro atoms. The fraction of sp³-hybridized carbons (Fsp3) is 0.913. The van der Waals surface area contributed by atoms with E-state index in [0.29, 0.717) is 0 Å². The summed E-state index contributed by atoms with van der Waals surface area (Å²) in [7, 11) is 0. The second-order valence-corrected chi connectivity index (χ2v) is 19.2. The van der Waals surface area contributed by atoms with Crippen LogP contribution in [-0.4, -0.2) is 19.9 Å². The molecule has 0 radical (unpaired) electrons. The molecule has 26 heavy (non-hydrogen) atoms. The van der Waals surface area contributed by atoms with E-state index in [4.69, 9.17) is 4.74 Å². The van der Waals surface area contributed by atoms with Crippen LogP contribution in [0.2, 0.25) is 19.1 Å². The minimum Gasteiger partial charge on any atom is -0.377 e. The number of hydrogen-bond donors (Lipinski definition) is 0. The van der Waals surface area contributed by atoms with Crippen LogP contribution < -0.4 is 0 Å². The molecular formula is C23H47BrOSi. The predicted molar refractivity (Wildman–Crippen MR) is 126 cm³/mol. The summed E-state index contributed by atoms with van der Waals surface area (Å²) in [4.78, 5) is 0. The third kappa shape index (κ3) is 24.4. The number of halogens is 1. The first-order chi connectivity index (χ1) is 12.4. The molecule has 0 aliphatic rings. The fourth-order valence-electron chi connectivity index (χ4n) is 3.29. The molecule has 156 valence electrons. The van der Waals surface area contributed by atoms with E-state index in [1.807, 2.05) is 6.92 Å². The van der Waals surface area contributed by atoms with E-state index in [9.17, 15) is 0 Å². The summed E-state index contributed by atoms with van der Waals surface area (Å²) in [5.41, 5.74) is 1.13. The van der Waals surface area contributed by atoms with Gasteiger partial charge in [-0.2, -0.15) is 0 Å². The lowest BCUT2D eigenvalue weighted by molar-refractivity contribution is 0.151. The number of rotatable bonds is 20. The molecule has 0 atom stereocenters. The van der Waals surface area contributed by atoms with Crippen LogP contribution >= 0.6 is 15.3 Å². The molecule has 0 rings (SSSR count). The Bertz CT molecular complexity index is 312. The van der Waals surface area contributed by atoms with Crippen molar-refractivity contribution in [2.24, 2.45) is 0 Å². The standard InChI is InChI=1S/C23H47BrOSi/c1-23(2)22-25-20-18-16-14-12-10-8-6-5-7-9-11-13-15-17-19-21-26(3,4)24/h1,5-22H2,2-4H3. The smallest absolute Gasteiger partial charge is 0.124 e. The van der Waals surface area contributed by atoms with Crippen LogP contribution in [0.3, 0.4) is 0 Å². The highest BCUT2D eigenvalue weighted by atomic mass is 79.9. The molecule has 1 nitrogen and oxygen atoms in total. The van der Waals surface area contributed by atoms with Crippen molar-refractivity contribution in [3.63, 3.8) is 0 Å². The summed E-state index contributed by atoms with van der Waals surface area (Å²) in [6.45, 7) is 11.4. The monoisotopic (exact) mass is 446 g/mol. The number of ether oxygens (including phenoxy) is 1. The van der Waals surface area contributed by atoms with Crippen LogP contribution in [0.4, 0.5) is 0 Å². The lowest BCUT2D eigenvalue weighted by Gasteiger charge is -2.12. The molecule has 0 saturated carbocycles. The summed E-state index contributed by atoms with van der Waals surface area (Å²) in [5.74, 6) is 0. The van der Waals surface area contributed by atoms with E-state index in [2.05, 4.69) is 35.0 Å². The highest BCUT2D eigenvalue weighted by Crippen LogP contribution is 2.21. The predicted octanol–water partition coefficient (Wildman–Crippen LogP) is 9.03. The summed E-state index contributed by atoms with van der Waals surface area (Å²) >= 11 is 3.86. The number of unbranched alkanes of at least 4 members (excludes halogenated alkanes) is 14. The summed E-state index contributed by atoms with van der Waals surface area (Å²) in [5, 5.41) is 0. The van der Waals surface area contributed by atoms with Crippen molar-refractivity contribution in [2.45, 2.75) is 122 Å². The Morgan fingerprint density at radius 1 is 0.692 bits per heavy atom. The molecule has 0 heterocycles. The van der Waals surface area contributed by atoms with Gasteiger partial charge in [-0.3, -0.25) is 0 Å². The molecule has 0 unspecified atom stereocenters. The molecule has 0 fully saturated rings. The SMILES string of the molecule is C=C(C)COCCCCCCCCCCCCCCCCC[Si](C)(C)Br. The Morgan fingerprint density at radius 3 is 1.38 bits per heavy atom. The van der Waals surface area contributed by atoms with Gasteiger partial charge in [-0.15, -0.1) is 15.3 Å². The first-order valence-electron chi connectivity index (χ1n) is 11.3. The second kappa shape index (κ2) is 18.7. The maximum Gasteiger partial charge on any atom is 0.124 e. The van der Waals surface area contributed by atoms with Crippen molar-refractivity contribution in [3.05, 3.63) is 12.2 Å². The van der Waals surface area contributed by atoms with Gasteiger partial charge >= 0.3 is 0 Å². The Labute approximate surface area is 174 Å². The quantitative estimate of drug-likeness (QED) is 0.0783. The van der Waals surface area contributed by atoms with E-state index >= 15 is 0 Å². The average Bonchev–Trinajstić information content (AvgIpc) is 2.55. The van der Waals surface area contributed by atoms with Gasteiger partial charge in [0.2, 0.25) is 0 Å². The Balaban J connectivity index is 3.04. The zero-order valence-corrected chi connectivity index (χ0v) is 20.8. The third-order valence-corrected chi connectivity index (χ3v) is 7.64. The molecule has 0 N–H and O–H groups in total. The van der Waals surface area contributed by atoms with Gasteiger partial charge in [-0.25, -0.2) is 0 Å². The van der Waals surface area contributed by atoms with E-state index in [-0.39, 0.29) is 0 Å². The molecule has 0 amide bonds. The van der Waals surface area contributed by atoms with Crippen molar-refractivity contribution >= 4 is 22.0 Å². The van der Waals surface area contributed by atoms with Crippen molar-refractivity contribution in [1.82, 2.24) is 0 Å². The van der Waals surface area contributed by atoms with Gasteiger partial charge in [0, 0.05) is 6.61 Å². The molecule has 0 aromatic heterocycles. The van der Waals surface area contributed by atoms with Gasteiger partial charge in [0.1, 0.15) is 6.69 Å². The Kier molecular flexibility index (Phi) is 19.0. The van der Waals surface area contributed by atoms with Gasteiger partial charge in [-0.05, 0) is 19.4 Å². The Hall–Kier alpha value is 0.397.